The summed E-state index contributed by atoms with van der Waals surface area (Å²) in [6.07, 6.45) is 0.521. The minimum absolute atomic E-state index is 0. The van der Waals surface area contributed by atoms with Crippen LogP contribution in [0.25, 0.3) is 0 Å². The number of aliphatic carboxylic acids is 1. The molecule has 0 spiro atoms. The van der Waals surface area contributed by atoms with Gasteiger partial charge in [-0.2, -0.15) is 0 Å². The number of ether oxygens (including phenoxy) is 1. The Kier molecular flexibility index (Phi) is 4.40. The maximum absolute atomic E-state index is 10.3. The largest absolute Gasteiger partial charge is 0.481 e. The van der Waals surface area contributed by atoms with Crippen molar-refractivity contribution in [2.45, 2.75) is 12.5 Å². The van der Waals surface area contributed by atoms with Crippen molar-refractivity contribution >= 4 is 18.4 Å². The fourth-order valence-corrected chi connectivity index (χ4v) is 1.04. The molecular formula is C6H12ClNO3. The summed E-state index contributed by atoms with van der Waals surface area (Å²) in [7, 11) is 0. The zero-order chi connectivity index (χ0) is 7.56. The van der Waals surface area contributed by atoms with Crippen molar-refractivity contribution in [2.24, 2.45) is 11.7 Å². The van der Waals surface area contributed by atoms with Crippen LogP contribution in [0, 0.1) is 5.92 Å². The molecule has 1 aliphatic rings. The highest BCUT2D eigenvalue weighted by molar-refractivity contribution is 5.85. The number of hydrogen-bond donors (Lipinski definition) is 2. The zero-order valence-corrected chi connectivity index (χ0v) is 6.84. The van der Waals surface area contributed by atoms with E-state index in [1.165, 1.54) is 0 Å². The first-order chi connectivity index (χ1) is 4.74. The van der Waals surface area contributed by atoms with Gasteiger partial charge in [0, 0.05) is 6.54 Å². The van der Waals surface area contributed by atoms with E-state index < -0.39 is 5.97 Å². The molecule has 11 heavy (non-hydrogen) atoms. The Morgan fingerprint density at radius 3 is 2.64 bits per heavy atom. The molecule has 0 radical (unpaired) electrons. The first kappa shape index (κ1) is 10.7. The second-order valence-electron chi connectivity index (χ2n) is 2.46. The van der Waals surface area contributed by atoms with E-state index in [-0.39, 0.29) is 24.4 Å². The highest BCUT2D eigenvalue weighted by atomic mass is 35.5. The monoisotopic (exact) mass is 181 g/mol. The van der Waals surface area contributed by atoms with E-state index in [1.807, 2.05) is 0 Å². The Morgan fingerprint density at radius 1 is 1.73 bits per heavy atom. The van der Waals surface area contributed by atoms with Crippen molar-refractivity contribution in [3.63, 3.8) is 0 Å². The first-order valence-corrected chi connectivity index (χ1v) is 3.28. The Morgan fingerprint density at radius 2 is 2.36 bits per heavy atom. The number of nitrogens with two attached hydrogens (primary N) is 1. The van der Waals surface area contributed by atoms with Crippen LogP contribution < -0.4 is 5.73 Å². The van der Waals surface area contributed by atoms with Gasteiger partial charge in [-0.25, -0.2) is 0 Å². The molecule has 0 aromatic heterocycles. The van der Waals surface area contributed by atoms with Gasteiger partial charge in [-0.05, 0) is 6.42 Å². The zero-order valence-electron chi connectivity index (χ0n) is 6.03. The van der Waals surface area contributed by atoms with Gasteiger partial charge in [0.2, 0.25) is 0 Å². The van der Waals surface area contributed by atoms with Gasteiger partial charge in [0.25, 0.3) is 0 Å². The summed E-state index contributed by atoms with van der Waals surface area (Å²) in [5, 5.41) is 8.51. The van der Waals surface area contributed by atoms with E-state index in [1.54, 1.807) is 0 Å². The van der Waals surface area contributed by atoms with E-state index in [9.17, 15) is 4.79 Å². The highest BCUT2D eigenvalue weighted by Gasteiger charge is 2.29. The first-order valence-electron chi connectivity index (χ1n) is 3.28. The van der Waals surface area contributed by atoms with Gasteiger partial charge in [-0.1, -0.05) is 0 Å². The van der Waals surface area contributed by atoms with Crippen molar-refractivity contribution < 1.29 is 14.6 Å². The molecule has 1 fully saturated rings. The fraction of sp³-hybridized carbons (Fsp3) is 0.833. The molecule has 2 atom stereocenters. The Bertz CT molecular complexity index is 142. The van der Waals surface area contributed by atoms with Crippen molar-refractivity contribution in [1.82, 2.24) is 0 Å². The molecule has 0 amide bonds. The average Bonchev–Trinajstić information content (AvgIpc) is 2.34. The molecule has 66 valence electrons. The minimum Gasteiger partial charge on any atom is -0.481 e. The lowest BCUT2D eigenvalue weighted by Gasteiger charge is -2.02. The summed E-state index contributed by atoms with van der Waals surface area (Å²) in [5.74, 6) is -1.12. The molecule has 0 saturated carbocycles. The number of carboxylic acids is 1. The third-order valence-corrected chi connectivity index (χ3v) is 1.69. The lowest BCUT2D eigenvalue weighted by molar-refractivity contribution is -0.141. The molecule has 4 nitrogen and oxygen atoms in total. The van der Waals surface area contributed by atoms with Gasteiger partial charge in [0.1, 0.15) is 0 Å². The van der Waals surface area contributed by atoms with Gasteiger partial charge in [-0.3, -0.25) is 4.79 Å². The molecule has 0 bridgehead atoms. The van der Waals surface area contributed by atoms with Crippen LogP contribution in [0.1, 0.15) is 6.42 Å². The number of hydrogen-bond acceptors (Lipinski definition) is 3. The van der Waals surface area contributed by atoms with E-state index in [4.69, 9.17) is 15.6 Å². The smallest absolute Gasteiger partial charge is 0.308 e. The molecule has 0 aromatic carbocycles. The lowest BCUT2D eigenvalue weighted by Crippen LogP contribution is -2.19. The van der Waals surface area contributed by atoms with Crippen LogP contribution in [0.2, 0.25) is 0 Å². The second kappa shape index (κ2) is 4.54. The van der Waals surface area contributed by atoms with Gasteiger partial charge < -0.3 is 15.6 Å². The molecule has 1 saturated heterocycles. The van der Waals surface area contributed by atoms with Gasteiger partial charge in [-0.15, -0.1) is 12.4 Å². The van der Waals surface area contributed by atoms with E-state index >= 15 is 0 Å². The highest BCUT2D eigenvalue weighted by Crippen LogP contribution is 2.18. The van der Waals surface area contributed by atoms with Crippen molar-refractivity contribution in [1.29, 1.82) is 0 Å². The van der Waals surface area contributed by atoms with Crippen molar-refractivity contribution in [2.75, 3.05) is 13.2 Å². The average molecular weight is 182 g/mol. The second-order valence-corrected chi connectivity index (χ2v) is 2.46. The summed E-state index contributed by atoms with van der Waals surface area (Å²) >= 11 is 0. The predicted octanol–water partition coefficient (Wildman–Crippen LogP) is -0.143. The Balaban J connectivity index is 0.000001000. The molecule has 1 aliphatic heterocycles. The van der Waals surface area contributed by atoms with Gasteiger partial charge in [0.05, 0.1) is 18.6 Å². The van der Waals surface area contributed by atoms with Crippen LogP contribution in [0.3, 0.4) is 0 Å². The number of halogens is 1. The molecule has 2 unspecified atom stereocenters. The summed E-state index contributed by atoms with van der Waals surface area (Å²) in [4.78, 5) is 10.3. The quantitative estimate of drug-likeness (QED) is 0.622. The van der Waals surface area contributed by atoms with E-state index in [0.717, 1.165) is 0 Å². The van der Waals surface area contributed by atoms with Gasteiger partial charge >= 0.3 is 5.97 Å². The maximum atomic E-state index is 10.3. The standard InChI is InChI=1S/C6H11NO3.ClH/c7-2-5-1-4(3-10-5)6(8)9;/h4-5H,1-3,7H2,(H,8,9);1H. The normalized spacial score (nSPS) is 29.5. The fourth-order valence-electron chi connectivity index (χ4n) is 1.04. The Labute approximate surface area is 71.1 Å². The molecule has 1 heterocycles. The summed E-state index contributed by atoms with van der Waals surface area (Å²) in [6.45, 7) is 0.737. The van der Waals surface area contributed by atoms with Crippen LogP contribution in [-0.4, -0.2) is 30.3 Å². The molecule has 0 aromatic rings. The van der Waals surface area contributed by atoms with Crippen molar-refractivity contribution in [3.8, 4) is 0 Å². The SMILES string of the molecule is Cl.NCC1CC(C(=O)O)CO1. The van der Waals surface area contributed by atoms with E-state index in [0.29, 0.717) is 19.6 Å². The third kappa shape index (κ3) is 2.65. The van der Waals surface area contributed by atoms with Crippen LogP contribution in [0.15, 0.2) is 0 Å². The third-order valence-electron chi connectivity index (χ3n) is 1.69. The van der Waals surface area contributed by atoms with Crippen LogP contribution >= 0.6 is 12.4 Å². The van der Waals surface area contributed by atoms with E-state index in [2.05, 4.69) is 0 Å². The minimum atomic E-state index is -0.782. The topological polar surface area (TPSA) is 72.6 Å². The summed E-state index contributed by atoms with van der Waals surface area (Å²) in [5.41, 5.74) is 5.28. The van der Waals surface area contributed by atoms with Crippen LogP contribution in [0.4, 0.5) is 0 Å². The molecule has 5 heteroatoms. The maximum Gasteiger partial charge on any atom is 0.308 e. The van der Waals surface area contributed by atoms with Crippen molar-refractivity contribution in [3.05, 3.63) is 0 Å². The molecular weight excluding hydrogens is 170 g/mol. The lowest BCUT2D eigenvalue weighted by atomic mass is 10.1. The summed E-state index contributed by atoms with van der Waals surface area (Å²) in [6, 6.07) is 0. The molecule has 3 N–H and O–H groups in total. The predicted molar refractivity (Wildman–Crippen MR) is 41.8 cm³/mol. The Hall–Kier alpha value is -0.320. The number of carbonyl (C=O) groups is 1. The molecule has 0 aliphatic carbocycles. The van der Waals surface area contributed by atoms with Gasteiger partial charge in [0.15, 0.2) is 0 Å². The molecule has 1 rings (SSSR count). The van der Waals surface area contributed by atoms with Crippen LogP contribution in [-0.2, 0) is 9.53 Å². The number of carboxylic acid groups (broad SMARTS) is 1. The number of rotatable bonds is 2. The summed E-state index contributed by atoms with van der Waals surface area (Å²) < 4.78 is 5.07. The van der Waals surface area contributed by atoms with Crippen LogP contribution in [0.5, 0.6) is 0 Å².